The minimum absolute atomic E-state index is 0.0555. The molecule has 5 rings (SSSR count). The van der Waals surface area contributed by atoms with Crippen LogP contribution in [0.15, 0.2) is 60.6 Å². The molecule has 2 fully saturated rings. The van der Waals surface area contributed by atoms with Gasteiger partial charge in [-0.15, -0.1) is 0 Å². The minimum atomic E-state index is 0.0555. The zero-order chi connectivity index (χ0) is 32.6. The molecule has 1 aromatic carbocycles. The quantitative estimate of drug-likeness (QED) is 0.140. The number of benzene rings is 1. The Balaban J connectivity index is 0.000000854. The fourth-order valence-corrected chi connectivity index (χ4v) is 4.71. The van der Waals surface area contributed by atoms with Crippen molar-refractivity contribution < 1.29 is 14.3 Å². The number of rotatable bonds is 12. The second kappa shape index (κ2) is 15.2. The molecule has 2 aliphatic carbocycles. The lowest BCUT2D eigenvalue weighted by Gasteiger charge is -2.23. The lowest BCUT2D eigenvalue weighted by atomic mass is 9.81. The molecule has 8 heteroatoms. The smallest absolute Gasteiger partial charge is 0.227 e. The van der Waals surface area contributed by atoms with Crippen molar-refractivity contribution in [2.75, 3.05) is 12.4 Å². The number of aromatic nitrogens is 3. The molecular weight excluding hydrogens is 562 g/mol. The topological polar surface area (TPSA) is 109 Å². The van der Waals surface area contributed by atoms with Crippen LogP contribution in [0.4, 0.5) is 5.69 Å². The largest absolute Gasteiger partial charge is 0.494 e. The SMILES string of the molecule is CC(C)(C)C.CCC/C=C(/C=C(/Nc1cccc(-c2ccc(C(=O)C3CCC3)nc2)c1OC)c1ncc(C)[nH]1)NC(=O)C1CC1. The molecular formula is C37H49N5O3. The molecule has 0 unspecified atom stereocenters. The number of aryl methyl sites for hydroxylation is 1. The Kier molecular flexibility index (Phi) is 11.4. The third kappa shape index (κ3) is 9.90. The Morgan fingerprint density at radius 1 is 1.02 bits per heavy atom. The fraction of sp³-hybridized carbons (Fsp3) is 0.459. The normalized spacial score (nSPS) is 15.4. The molecule has 45 heavy (non-hydrogen) atoms. The number of para-hydroxylation sites is 1. The van der Waals surface area contributed by atoms with E-state index >= 15 is 0 Å². The van der Waals surface area contributed by atoms with Crippen molar-refractivity contribution in [3.8, 4) is 16.9 Å². The highest BCUT2D eigenvalue weighted by molar-refractivity contribution is 5.97. The maximum atomic E-state index is 12.6. The second-order valence-electron chi connectivity index (χ2n) is 13.6. The number of unbranched alkanes of at least 4 members (excludes halogenated alkanes) is 1. The van der Waals surface area contributed by atoms with Crippen molar-refractivity contribution in [2.45, 2.75) is 86.5 Å². The molecule has 240 valence electrons. The van der Waals surface area contributed by atoms with Gasteiger partial charge in [-0.3, -0.25) is 14.6 Å². The van der Waals surface area contributed by atoms with Gasteiger partial charge in [-0.1, -0.05) is 71.7 Å². The Hall–Kier alpha value is -4.20. The second-order valence-corrected chi connectivity index (χ2v) is 13.6. The van der Waals surface area contributed by atoms with Crippen LogP contribution >= 0.6 is 0 Å². The van der Waals surface area contributed by atoms with E-state index in [0.29, 0.717) is 28.4 Å². The number of imidazole rings is 1. The number of carbonyl (C=O) groups excluding carboxylic acids is 2. The molecule has 2 aliphatic rings. The van der Waals surface area contributed by atoms with Gasteiger partial charge in [0.15, 0.2) is 11.6 Å². The number of ketones is 1. The van der Waals surface area contributed by atoms with E-state index in [1.165, 1.54) is 0 Å². The van der Waals surface area contributed by atoms with E-state index < -0.39 is 0 Å². The third-order valence-electron chi connectivity index (χ3n) is 7.42. The summed E-state index contributed by atoms with van der Waals surface area (Å²) in [5.74, 6) is 1.68. The van der Waals surface area contributed by atoms with E-state index in [2.05, 4.69) is 60.2 Å². The van der Waals surface area contributed by atoms with Crippen LogP contribution in [0.2, 0.25) is 0 Å². The number of pyridine rings is 1. The molecule has 0 atom stereocenters. The first-order valence-corrected chi connectivity index (χ1v) is 16.2. The molecule has 3 N–H and O–H groups in total. The summed E-state index contributed by atoms with van der Waals surface area (Å²) in [6.45, 7) is 12.8. The summed E-state index contributed by atoms with van der Waals surface area (Å²) >= 11 is 0. The highest BCUT2D eigenvalue weighted by Gasteiger charge is 2.30. The van der Waals surface area contributed by atoms with Gasteiger partial charge in [0.2, 0.25) is 5.91 Å². The number of carbonyl (C=O) groups is 2. The van der Waals surface area contributed by atoms with Crippen molar-refractivity contribution in [1.82, 2.24) is 20.3 Å². The summed E-state index contributed by atoms with van der Waals surface area (Å²) in [5, 5.41) is 6.60. The number of ether oxygens (including phenoxy) is 1. The number of H-pyrrole nitrogens is 1. The number of methoxy groups -OCH3 is 1. The van der Waals surface area contributed by atoms with Crippen LogP contribution in [0, 0.1) is 24.2 Å². The van der Waals surface area contributed by atoms with Crippen LogP contribution in [-0.4, -0.2) is 33.8 Å². The average Bonchev–Trinajstić information content (AvgIpc) is 3.74. The predicted molar refractivity (Wildman–Crippen MR) is 182 cm³/mol. The van der Waals surface area contributed by atoms with Crippen LogP contribution in [0.5, 0.6) is 5.75 Å². The van der Waals surface area contributed by atoms with Crippen LogP contribution in [0.25, 0.3) is 16.8 Å². The number of nitrogens with one attached hydrogen (secondary N) is 3. The Morgan fingerprint density at radius 2 is 1.76 bits per heavy atom. The number of anilines is 1. The van der Waals surface area contributed by atoms with Crippen LogP contribution < -0.4 is 15.4 Å². The standard InChI is InChI=1S/C32H37N5O3.C5H12/c1-4-5-10-24(36-32(39)22-13-14-22)17-28(31-34-18-20(2)35-31)37-27-12-7-11-25(30(27)40-3)23-15-16-26(33-19-23)29(38)21-8-6-9-21;1-5(2,3)4/h7,10-12,15-19,21-22,37H,4-6,8-9,13-14H2,1-3H3,(H,34,35)(H,36,39);1-4H3/b24-10-,28-17+;. The maximum absolute atomic E-state index is 12.6. The molecule has 0 saturated heterocycles. The average molecular weight is 612 g/mol. The molecule has 3 aromatic rings. The van der Waals surface area contributed by atoms with Crippen LogP contribution in [-0.2, 0) is 4.79 Å². The molecule has 1 amide bonds. The highest BCUT2D eigenvalue weighted by atomic mass is 16.5. The Labute approximate surface area is 268 Å². The summed E-state index contributed by atoms with van der Waals surface area (Å²) in [5.41, 5.74) is 5.81. The van der Waals surface area contributed by atoms with Gasteiger partial charge >= 0.3 is 0 Å². The lowest BCUT2D eigenvalue weighted by Crippen LogP contribution is -2.24. The van der Waals surface area contributed by atoms with E-state index in [9.17, 15) is 9.59 Å². The van der Waals surface area contributed by atoms with Gasteiger partial charge in [0, 0.05) is 46.7 Å². The fourth-order valence-electron chi connectivity index (χ4n) is 4.71. The van der Waals surface area contributed by atoms with Gasteiger partial charge in [0.1, 0.15) is 11.4 Å². The summed E-state index contributed by atoms with van der Waals surface area (Å²) in [4.78, 5) is 37.6. The maximum Gasteiger partial charge on any atom is 0.227 e. The molecule has 0 aliphatic heterocycles. The minimum Gasteiger partial charge on any atom is -0.494 e. The molecule has 0 spiro atoms. The lowest BCUT2D eigenvalue weighted by molar-refractivity contribution is -0.121. The number of aromatic amines is 1. The number of Topliss-reactive ketones (excluding diaryl/α,β-unsaturated/α-hetero) is 1. The van der Waals surface area contributed by atoms with E-state index in [-0.39, 0.29) is 23.5 Å². The summed E-state index contributed by atoms with van der Waals surface area (Å²) < 4.78 is 5.89. The first kappa shape index (κ1) is 33.7. The Morgan fingerprint density at radius 3 is 2.29 bits per heavy atom. The van der Waals surface area contributed by atoms with Crippen molar-refractivity contribution in [2.24, 2.45) is 17.3 Å². The van der Waals surface area contributed by atoms with Gasteiger partial charge < -0.3 is 20.4 Å². The molecule has 2 heterocycles. The number of nitrogens with zero attached hydrogens (tertiary/aromatic N) is 2. The zero-order valence-electron chi connectivity index (χ0n) is 27.9. The van der Waals surface area contributed by atoms with Crippen molar-refractivity contribution in [1.29, 1.82) is 0 Å². The van der Waals surface area contributed by atoms with Crippen LogP contribution in [0.1, 0.15) is 102 Å². The number of hydrogen-bond acceptors (Lipinski definition) is 6. The van der Waals surface area contributed by atoms with E-state index in [0.717, 1.165) is 73.2 Å². The zero-order valence-corrected chi connectivity index (χ0v) is 27.9. The first-order chi connectivity index (χ1) is 21.5. The number of allylic oxidation sites excluding steroid dienone is 2. The molecule has 0 bridgehead atoms. The molecule has 2 aromatic heterocycles. The molecule has 8 nitrogen and oxygen atoms in total. The number of amides is 1. The van der Waals surface area contributed by atoms with Crippen molar-refractivity contribution >= 4 is 23.1 Å². The highest BCUT2D eigenvalue weighted by Crippen LogP contribution is 2.38. The monoisotopic (exact) mass is 611 g/mol. The van der Waals surface area contributed by atoms with Gasteiger partial charge in [-0.2, -0.15) is 0 Å². The van der Waals surface area contributed by atoms with Gasteiger partial charge in [-0.25, -0.2) is 4.98 Å². The van der Waals surface area contributed by atoms with E-state index in [4.69, 9.17) is 4.74 Å². The Bertz CT molecular complexity index is 1510. The summed E-state index contributed by atoms with van der Waals surface area (Å²) in [7, 11) is 1.63. The van der Waals surface area contributed by atoms with Crippen molar-refractivity contribution in [3.63, 3.8) is 0 Å². The van der Waals surface area contributed by atoms with E-state index in [1.807, 2.05) is 43.3 Å². The van der Waals surface area contributed by atoms with Crippen LogP contribution in [0.3, 0.4) is 0 Å². The summed E-state index contributed by atoms with van der Waals surface area (Å²) in [6.07, 6.45) is 14.2. The third-order valence-corrected chi connectivity index (χ3v) is 7.42. The van der Waals surface area contributed by atoms with Crippen molar-refractivity contribution in [3.05, 3.63) is 77.8 Å². The molecule has 0 radical (unpaired) electrons. The van der Waals surface area contributed by atoms with Gasteiger partial charge in [0.25, 0.3) is 0 Å². The first-order valence-electron chi connectivity index (χ1n) is 16.2. The molecule has 2 saturated carbocycles. The van der Waals surface area contributed by atoms with Gasteiger partial charge in [-0.05, 0) is 62.7 Å². The number of hydrogen-bond donors (Lipinski definition) is 3. The summed E-state index contributed by atoms with van der Waals surface area (Å²) in [6, 6.07) is 9.58. The van der Waals surface area contributed by atoms with E-state index in [1.54, 1.807) is 25.6 Å². The van der Waals surface area contributed by atoms with Gasteiger partial charge in [0.05, 0.1) is 18.5 Å². The predicted octanol–water partition coefficient (Wildman–Crippen LogP) is 8.49.